The summed E-state index contributed by atoms with van der Waals surface area (Å²) in [5.41, 5.74) is 2.29. The van der Waals surface area contributed by atoms with E-state index in [1.54, 1.807) is 7.05 Å². The van der Waals surface area contributed by atoms with Crippen molar-refractivity contribution in [3.63, 3.8) is 0 Å². The molecule has 0 saturated carbocycles. The van der Waals surface area contributed by atoms with Crippen molar-refractivity contribution in [1.29, 1.82) is 0 Å². The van der Waals surface area contributed by atoms with Crippen LogP contribution in [0.3, 0.4) is 0 Å². The summed E-state index contributed by atoms with van der Waals surface area (Å²) < 4.78 is 0. The van der Waals surface area contributed by atoms with Gasteiger partial charge in [-0.05, 0) is 24.0 Å². The third kappa shape index (κ3) is 4.39. The lowest BCUT2D eigenvalue weighted by Gasteiger charge is -2.10. The number of rotatable bonds is 6. The number of hydrogen-bond acceptors (Lipinski definition) is 2. The average Bonchev–Trinajstić information content (AvgIpc) is 2.35. The van der Waals surface area contributed by atoms with Gasteiger partial charge >= 0.3 is 0 Å². The second kappa shape index (κ2) is 6.84. The highest BCUT2D eigenvalue weighted by Crippen LogP contribution is 2.12. The van der Waals surface area contributed by atoms with Crippen LogP contribution in [0, 0.1) is 5.92 Å². The molecule has 0 bridgehead atoms. The quantitative estimate of drug-likeness (QED) is 0.761. The smallest absolute Gasteiger partial charge is 0.222 e. The van der Waals surface area contributed by atoms with Gasteiger partial charge in [0.15, 0.2) is 0 Å². The zero-order valence-corrected chi connectivity index (χ0v) is 10.4. The highest BCUT2D eigenvalue weighted by atomic mass is 16.1. The third-order valence-electron chi connectivity index (χ3n) is 2.78. The first kappa shape index (κ1) is 13.4. The van der Waals surface area contributed by atoms with Crippen LogP contribution in [0.5, 0.6) is 0 Å². The monoisotopic (exact) mass is 233 g/mol. The number of benzene rings is 1. The standard InChI is InChI=1S/C14H19NO2/c1-11(14(17)15-2)9-13-6-3-5-12(10-13)7-4-8-16/h3,5-6,8,10-11H,4,7,9H2,1-2H3,(H,15,17)/t11-/m1/s1. The van der Waals surface area contributed by atoms with E-state index in [1.165, 1.54) is 0 Å². The van der Waals surface area contributed by atoms with Crippen LogP contribution in [0.25, 0.3) is 0 Å². The van der Waals surface area contributed by atoms with Crippen LogP contribution < -0.4 is 5.32 Å². The van der Waals surface area contributed by atoms with Gasteiger partial charge in [-0.1, -0.05) is 31.2 Å². The Hall–Kier alpha value is -1.64. The molecule has 3 heteroatoms. The Balaban J connectivity index is 2.64. The van der Waals surface area contributed by atoms with Gasteiger partial charge in [-0.25, -0.2) is 0 Å². The first-order valence-electron chi connectivity index (χ1n) is 5.90. The Kier molecular flexibility index (Phi) is 5.40. The van der Waals surface area contributed by atoms with Crippen molar-refractivity contribution in [2.24, 2.45) is 5.92 Å². The van der Waals surface area contributed by atoms with Gasteiger partial charge < -0.3 is 10.1 Å². The van der Waals surface area contributed by atoms with Crippen LogP contribution in [0.15, 0.2) is 24.3 Å². The Labute approximate surface area is 102 Å². The van der Waals surface area contributed by atoms with Gasteiger partial charge in [0.1, 0.15) is 6.29 Å². The van der Waals surface area contributed by atoms with Crippen LogP contribution in [-0.2, 0) is 22.4 Å². The zero-order valence-electron chi connectivity index (χ0n) is 10.4. The normalized spacial score (nSPS) is 11.9. The maximum Gasteiger partial charge on any atom is 0.222 e. The lowest BCUT2D eigenvalue weighted by Crippen LogP contribution is -2.26. The highest BCUT2D eigenvalue weighted by Gasteiger charge is 2.11. The second-order valence-electron chi connectivity index (χ2n) is 4.24. The number of hydrogen-bond donors (Lipinski definition) is 1. The molecule has 0 saturated heterocycles. The summed E-state index contributed by atoms with van der Waals surface area (Å²) in [4.78, 5) is 21.7. The number of nitrogens with one attached hydrogen (secondary N) is 1. The van der Waals surface area contributed by atoms with Crippen molar-refractivity contribution in [1.82, 2.24) is 5.32 Å². The molecule has 1 aromatic rings. The van der Waals surface area contributed by atoms with E-state index < -0.39 is 0 Å². The van der Waals surface area contributed by atoms with E-state index in [1.807, 2.05) is 25.1 Å². The van der Waals surface area contributed by atoms with Crippen molar-refractivity contribution in [2.75, 3.05) is 7.05 Å². The lowest BCUT2D eigenvalue weighted by molar-refractivity contribution is -0.123. The molecule has 0 fully saturated rings. The van der Waals surface area contributed by atoms with Crippen LogP contribution in [0.1, 0.15) is 24.5 Å². The lowest BCUT2D eigenvalue weighted by atomic mass is 9.98. The molecule has 0 aliphatic rings. The van der Waals surface area contributed by atoms with Crippen LogP contribution >= 0.6 is 0 Å². The van der Waals surface area contributed by atoms with Gasteiger partial charge in [0.2, 0.25) is 5.91 Å². The van der Waals surface area contributed by atoms with E-state index >= 15 is 0 Å². The summed E-state index contributed by atoms with van der Waals surface area (Å²) in [5.74, 6) is 0.0321. The molecule has 0 aliphatic carbocycles. The van der Waals surface area contributed by atoms with Crippen LogP contribution in [0.4, 0.5) is 0 Å². The summed E-state index contributed by atoms with van der Waals surface area (Å²) in [6, 6.07) is 8.08. The molecule has 1 atom stereocenters. The fourth-order valence-electron chi connectivity index (χ4n) is 1.83. The van der Waals surface area contributed by atoms with E-state index in [2.05, 4.69) is 11.4 Å². The van der Waals surface area contributed by atoms with E-state index in [-0.39, 0.29) is 11.8 Å². The Morgan fingerprint density at radius 3 is 2.76 bits per heavy atom. The summed E-state index contributed by atoms with van der Waals surface area (Å²) in [5, 5.41) is 2.65. The third-order valence-corrected chi connectivity index (χ3v) is 2.78. The van der Waals surface area contributed by atoms with Crippen molar-refractivity contribution in [3.8, 4) is 0 Å². The van der Waals surface area contributed by atoms with E-state index in [0.717, 1.165) is 30.3 Å². The summed E-state index contributed by atoms with van der Waals surface area (Å²) in [7, 11) is 1.65. The maximum atomic E-state index is 11.4. The molecule has 0 aromatic heterocycles. The van der Waals surface area contributed by atoms with Gasteiger partial charge in [-0.3, -0.25) is 4.79 Å². The van der Waals surface area contributed by atoms with Gasteiger partial charge in [-0.15, -0.1) is 0 Å². The molecule has 0 radical (unpaired) electrons. The molecule has 1 aromatic carbocycles. The molecule has 92 valence electrons. The summed E-state index contributed by atoms with van der Waals surface area (Å²) >= 11 is 0. The first-order chi connectivity index (χ1) is 8.17. The van der Waals surface area contributed by atoms with E-state index in [0.29, 0.717) is 6.42 Å². The predicted molar refractivity (Wildman–Crippen MR) is 67.8 cm³/mol. The minimum atomic E-state index is -0.0266. The molecular weight excluding hydrogens is 214 g/mol. The number of aldehydes is 1. The van der Waals surface area contributed by atoms with Crippen molar-refractivity contribution >= 4 is 12.2 Å². The Morgan fingerprint density at radius 2 is 2.12 bits per heavy atom. The van der Waals surface area contributed by atoms with E-state index in [4.69, 9.17) is 0 Å². The molecular formula is C14H19NO2. The molecule has 1 N–H and O–H groups in total. The Bertz CT molecular complexity index is 388. The molecule has 3 nitrogen and oxygen atoms in total. The topological polar surface area (TPSA) is 46.2 Å². The van der Waals surface area contributed by atoms with Crippen molar-refractivity contribution in [2.45, 2.75) is 26.2 Å². The van der Waals surface area contributed by atoms with Gasteiger partial charge in [0.05, 0.1) is 0 Å². The SMILES string of the molecule is CNC(=O)[C@H](C)Cc1cccc(CCC=O)c1. The number of amides is 1. The second-order valence-corrected chi connectivity index (χ2v) is 4.24. The average molecular weight is 233 g/mol. The number of aryl methyl sites for hydroxylation is 1. The van der Waals surface area contributed by atoms with Crippen LogP contribution in [0.2, 0.25) is 0 Å². The summed E-state index contributed by atoms with van der Waals surface area (Å²) in [6.45, 7) is 1.91. The molecule has 0 heterocycles. The van der Waals surface area contributed by atoms with Crippen molar-refractivity contribution < 1.29 is 9.59 Å². The predicted octanol–water partition coefficient (Wildman–Crippen LogP) is 1.74. The molecule has 0 spiro atoms. The first-order valence-corrected chi connectivity index (χ1v) is 5.90. The van der Waals surface area contributed by atoms with Gasteiger partial charge in [0, 0.05) is 19.4 Å². The summed E-state index contributed by atoms with van der Waals surface area (Å²) in [6.07, 6.45) is 2.98. The number of carbonyl (C=O) groups excluding carboxylic acids is 2. The molecule has 1 amide bonds. The minimum absolute atomic E-state index is 0.0266. The van der Waals surface area contributed by atoms with Crippen molar-refractivity contribution in [3.05, 3.63) is 35.4 Å². The fourth-order valence-corrected chi connectivity index (χ4v) is 1.83. The molecule has 1 rings (SSSR count). The van der Waals surface area contributed by atoms with Gasteiger partial charge in [-0.2, -0.15) is 0 Å². The Morgan fingerprint density at radius 1 is 1.41 bits per heavy atom. The highest BCUT2D eigenvalue weighted by molar-refractivity contribution is 5.78. The zero-order chi connectivity index (χ0) is 12.7. The molecule has 0 unspecified atom stereocenters. The number of carbonyl (C=O) groups is 2. The van der Waals surface area contributed by atoms with E-state index in [9.17, 15) is 9.59 Å². The molecule has 0 aliphatic heterocycles. The fraction of sp³-hybridized carbons (Fsp3) is 0.429. The molecule has 17 heavy (non-hydrogen) atoms. The van der Waals surface area contributed by atoms with Crippen LogP contribution in [-0.4, -0.2) is 19.2 Å². The largest absolute Gasteiger partial charge is 0.359 e. The minimum Gasteiger partial charge on any atom is -0.359 e. The van der Waals surface area contributed by atoms with Gasteiger partial charge in [0.25, 0.3) is 0 Å². The maximum absolute atomic E-state index is 11.4.